The summed E-state index contributed by atoms with van der Waals surface area (Å²) < 4.78 is 23.7. The molecule has 1 saturated heterocycles. The molecule has 0 saturated carbocycles. The molecule has 2 heterocycles. The molecule has 0 aromatic rings. The van der Waals surface area contributed by atoms with Gasteiger partial charge in [-0.1, -0.05) is 44.0 Å². The highest BCUT2D eigenvalue weighted by Gasteiger charge is 2.44. The molecule has 2 nitrogen and oxygen atoms in total. The molecule has 1 fully saturated rings. The first-order valence-electron chi connectivity index (χ1n) is 4.22. The Morgan fingerprint density at radius 1 is 1.15 bits per heavy atom. The zero-order valence-electron chi connectivity index (χ0n) is 6.86. The van der Waals surface area contributed by atoms with Gasteiger partial charge in [0.25, 0.3) is 0 Å². The number of alkyl halides is 2. The average Bonchev–Trinajstić information content (AvgIpc) is 2.30. The van der Waals surface area contributed by atoms with Crippen LogP contribution in [0.3, 0.4) is 0 Å². The number of halogens is 2. The Labute approximate surface area is 95.0 Å². The zero-order chi connectivity index (χ0) is 9.64. The second-order valence-electron chi connectivity index (χ2n) is 3.51. The van der Waals surface area contributed by atoms with Gasteiger partial charge in [-0.3, -0.25) is 0 Å². The molecular weight excluding hydrogens is 320 g/mol. The van der Waals surface area contributed by atoms with Crippen molar-refractivity contribution in [1.82, 2.24) is 0 Å². The topological polar surface area (TPSA) is 34.1 Å². The minimum atomic E-state index is -2.94. The van der Waals surface area contributed by atoms with Gasteiger partial charge in [0.05, 0.1) is 10.5 Å². The van der Waals surface area contributed by atoms with Crippen molar-refractivity contribution in [2.45, 2.75) is 33.0 Å². The molecule has 0 aromatic carbocycles. The second-order valence-corrected chi connectivity index (χ2v) is 8.08. The Kier molecular flexibility index (Phi) is 2.62. The minimum absolute atomic E-state index is 0.0150. The number of sulfone groups is 1. The third-order valence-corrected chi connectivity index (χ3v) is 8.44. The van der Waals surface area contributed by atoms with Crippen LogP contribution in [0.15, 0.2) is 12.2 Å². The van der Waals surface area contributed by atoms with Gasteiger partial charge >= 0.3 is 0 Å². The fourth-order valence-electron chi connectivity index (χ4n) is 1.89. The smallest absolute Gasteiger partial charge is 0.164 e. The number of hydrogen-bond acceptors (Lipinski definition) is 2. The molecule has 0 N–H and O–H groups in total. The van der Waals surface area contributed by atoms with Gasteiger partial charge in [-0.05, 0) is 12.8 Å². The summed E-state index contributed by atoms with van der Waals surface area (Å²) in [6, 6.07) is 0. The molecule has 0 amide bonds. The van der Waals surface area contributed by atoms with Crippen LogP contribution in [0.2, 0.25) is 0 Å². The van der Waals surface area contributed by atoms with E-state index in [2.05, 4.69) is 31.9 Å². The van der Waals surface area contributed by atoms with Crippen LogP contribution in [0.4, 0.5) is 0 Å². The zero-order valence-corrected chi connectivity index (χ0v) is 10.8. The van der Waals surface area contributed by atoms with Crippen LogP contribution >= 0.6 is 31.9 Å². The van der Waals surface area contributed by atoms with Gasteiger partial charge in [-0.2, -0.15) is 0 Å². The second kappa shape index (κ2) is 3.35. The van der Waals surface area contributed by atoms with Crippen LogP contribution in [0, 0.1) is 0 Å². The molecule has 0 aliphatic carbocycles. The highest BCUT2D eigenvalue weighted by molar-refractivity contribution is 9.12. The van der Waals surface area contributed by atoms with E-state index in [1.165, 1.54) is 0 Å². The van der Waals surface area contributed by atoms with E-state index in [1.54, 1.807) is 0 Å². The summed E-state index contributed by atoms with van der Waals surface area (Å²) in [6.45, 7) is 0. The molecule has 4 atom stereocenters. The van der Waals surface area contributed by atoms with Crippen LogP contribution in [0.1, 0.15) is 12.8 Å². The van der Waals surface area contributed by atoms with E-state index in [0.717, 1.165) is 12.8 Å². The summed E-state index contributed by atoms with van der Waals surface area (Å²) in [5, 5.41) is -0.565. The quantitative estimate of drug-likeness (QED) is 0.503. The summed E-state index contributed by atoms with van der Waals surface area (Å²) in [5.41, 5.74) is 0. The van der Waals surface area contributed by atoms with Crippen molar-refractivity contribution < 1.29 is 8.42 Å². The SMILES string of the molecule is O=S1(=O)[C@H]2C=C[C@H]1[C@H](Br)[C@@H](Br)CC2. The van der Waals surface area contributed by atoms with Crippen LogP contribution < -0.4 is 0 Å². The standard InChI is InChI=1S/C8H10Br2O2S/c9-6-3-1-5-2-4-7(8(6)10)13(5,11)12/h2,4-8H,1,3H2/t5-,6+,7+,8-/m1/s1. The monoisotopic (exact) mass is 328 g/mol. The minimum Gasteiger partial charge on any atom is -0.228 e. The molecular formula is C8H10Br2O2S. The van der Waals surface area contributed by atoms with Crippen molar-refractivity contribution in [3.63, 3.8) is 0 Å². The Morgan fingerprint density at radius 3 is 2.54 bits per heavy atom. The lowest BCUT2D eigenvalue weighted by molar-refractivity contribution is 0.586. The van der Waals surface area contributed by atoms with Crippen LogP contribution in [-0.2, 0) is 9.84 Å². The predicted molar refractivity (Wildman–Crippen MR) is 60.3 cm³/mol. The predicted octanol–water partition coefficient (Wildman–Crippen LogP) is 2.03. The van der Waals surface area contributed by atoms with Gasteiger partial charge < -0.3 is 0 Å². The van der Waals surface area contributed by atoms with Crippen molar-refractivity contribution in [1.29, 1.82) is 0 Å². The largest absolute Gasteiger partial charge is 0.228 e. The summed E-state index contributed by atoms with van der Waals surface area (Å²) in [6.07, 6.45) is 5.33. The van der Waals surface area contributed by atoms with Gasteiger partial charge in [-0.15, -0.1) is 0 Å². The molecule has 5 heteroatoms. The molecule has 0 aromatic heterocycles. The van der Waals surface area contributed by atoms with E-state index in [0.29, 0.717) is 0 Å². The van der Waals surface area contributed by atoms with Gasteiger partial charge in [-0.25, -0.2) is 8.42 Å². The van der Waals surface area contributed by atoms with Gasteiger partial charge in [0, 0.05) is 9.65 Å². The Hall–Kier alpha value is 0.650. The van der Waals surface area contributed by atoms with E-state index < -0.39 is 9.84 Å². The fraction of sp³-hybridized carbons (Fsp3) is 0.750. The Morgan fingerprint density at radius 2 is 1.85 bits per heavy atom. The summed E-state index contributed by atoms with van der Waals surface area (Å²) in [5.74, 6) is 0. The van der Waals surface area contributed by atoms with Crippen molar-refractivity contribution in [3.05, 3.63) is 12.2 Å². The Bertz CT molecular complexity index is 336. The third-order valence-electron chi connectivity index (χ3n) is 2.70. The van der Waals surface area contributed by atoms with Gasteiger partial charge in [0.2, 0.25) is 0 Å². The first-order chi connectivity index (χ1) is 6.03. The Balaban J connectivity index is 2.42. The van der Waals surface area contributed by atoms with E-state index in [9.17, 15) is 8.42 Å². The molecule has 0 radical (unpaired) electrons. The van der Waals surface area contributed by atoms with E-state index in [1.807, 2.05) is 12.2 Å². The number of hydrogen-bond donors (Lipinski definition) is 0. The molecule has 13 heavy (non-hydrogen) atoms. The first-order valence-corrected chi connectivity index (χ1v) is 7.67. The maximum Gasteiger partial charge on any atom is 0.164 e. The molecule has 2 rings (SSSR count). The van der Waals surface area contributed by atoms with Crippen molar-refractivity contribution in [2.75, 3.05) is 0 Å². The molecule has 2 bridgehead atoms. The molecule has 0 spiro atoms. The first kappa shape index (κ1) is 10.2. The normalized spacial score (nSPS) is 47.5. The summed E-state index contributed by atoms with van der Waals surface area (Å²) >= 11 is 6.97. The maximum atomic E-state index is 11.8. The summed E-state index contributed by atoms with van der Waals surface area (Å²) in [4.78, 5) is 0.281. The van der Waals surface area contributed by atoms with Crippen molar-refractivity contribution >= 4 is 41.7 Å². The van der Waals surface area contributed by atoms with Crippen molar-refractivity contribution in [3.8, 4) is 0 Å². The highest BCUT2D eigenvalue weighted by Crippen LogP contribution is 2.38. The lowest BCUT2D eigenvalue weighted by Gasteiger charge is -2.17. The fourth-order valence-corrected chi connectivity index (χ4v) is 6.07. The van der Waals surface area contributed by atoms with Crippen LogP contribution in [-0.4, -0.2) is 28.6 Å². The lowest BCUT2D eigenvalue weighted by atomic mass is 10.1. The number of rotatable bonds is 0. The molecule has 2 aliphatic rings. The molecule has 2 aliphatic heterocycles. The molecule has 0 unspecified atom stereocenters. The average molecular weight is 330 g/mol. The van der Waals surface area contributed by atoms with E-state index in [4.69, 9.17) is 0 Å². The van der Waals surface area contributed by atoms with Crippen molar-refractivity contribution in [2.24, 2.45) is 0 Å². The molecule has 74 valence electrons. The number of fused-ring (bicyclic) bond motifs is 2. The van der Waals surface area contributed by atoms with Crippen LogP contribution in [0.5, 0.6) is 0 Å². The van der Waals surface area contributed by atoms with Gasteiger partial charge in [0.1, 0.15) is 0 Å². The maximum absolute atomic E-state index is 11.8. The summed E-state index contributed by atoms with van der Waals surface area (Å²) in [7, 11) is -2.94. The highest BCUT2D eigenvalue weighted by atomic mass is 79.9. The van der Waals surface area contributed by atoms with Gasteiger partial charge in [0.15, 0.2) is 9.84 Å². The van der Waals surface area contributed by atoms with E-state index in [-0.39, 0.29) is 20.2 Å². The van der Waals surface area contributed by atoms with E-state index >= 15 is 0 Å². The lowest BCUT2D eigenvalue weighted by Crippen LogP contribution is -2.31. The van der Waals surface area contributed by atoms with Crippen LogP contribution in [0.25, 0.3) is 0 Å². The third kappa shape index (κ3) is 1.53.